The Hall–Kier alpha value is -1.54. The van der Waals surface area contributed by atoms with Crippen LogP contribution in [0.1, 0.15) is 4.88 Å². The SMILES string of the molecule is Cc1sc(-c2ccc(S(N)(=O)=O)cc2)nc1-c1ccc(Br)cc1. The molecule has 0 amide bonds. The highest BCUT2D eigenvalue weighted by atomic mass is 79.9. The van der Waals surface area contributed by atoms with Crippen molar-refractivity contribution in [1.29, 1.82) is 0 Å². The zero-order chi connectivity index (χ0) is 16.6. The lowest BCUT2D eigenvalue weighted by molar-refractivity contribution is 0.598. The third-order valence-electron chi connectivity index (χ3n) is 3.34. The van der Waals surface area contributed by atoms with Crippen LogP contribution in [0, 0.1) is 6.92 Å². The summed E-state index contributed by atoms with van der Waals surface area (Å²) in [6.07, 6.45) is 0. The Labute approximate surface area is 147 Å². The van der Waals surface area contributed by atoms with Gasteiger partial charge in [0.1, 0.15) is 5.01 Å². The number of benzene rings is 2. The molecule has 0 spiro atoms. The van der Waals surface area contributed by atoms with Crippen molar-refractivity contribution in [2.75, 3.05) is 0 Å². The van der Waals surface area contributed by atoms with Crippen molar-refractivity contribution >= 4 is 37.3 Å². The van der Waals surface area contributed by atoms with Gasteiger partial charge in [-0.15, -0.1) is 11.3 Å². The topological polar surface area (TPSA) is 73.1 Å². The number of hydrogen-bond acceptors (Lipinski definition) is 4. The summed E-state index contributed by atoms with van der Waals surface area (Å²) in [7, 11) is -3.67. The van der Waals surface area contributed by atoms with Crippen molar-refractivity contribution in [2.24, 2.45) is 5.14 Å². The molecule has 0 unspecified atom stereocenters. The van der Waals surface area contributed by atoms with E-state index in [1.165, 1.54) is 12.1 Å². The molecular weight excluding hydrogens is 396 g/mol. The number of sulfonamides is 1. The lowest BCUT2D eigenvalue weighted by Crippen LogP contribution is -2.11. The first-order valence-corrected chi connectivity index (χ1v) is 9.87. The minimum atomic E-state index is -3.67. The van der Waals surface area contributed by atoms with Gasteiger partial charge in [0.05, 0.1) is 10.6 Å². The number of nitrogens with zero attached hydrogens (tertiary/aromatic N) is 1. The average molecular weight is 409 g/mol. The highest BCUT2D eigenvalue weighted by molar-refractivity contribution is 9.10. The molecule has 0 atom stereocenters. The van der Waals surface area contributed by atoms with E-state index in [4.69, 9.17) is 10.1 Å². The quantitative estimate of drug-likeness (QED) is 0.705. The molecule has 0 aliphatic rings. The zero-order valence-corrected chi connectivity index (χ0v) is 15.4. The Morgan fingerprint density at radius 3 is 2.13 bits per heavy atom. The van der Waals surface area contributed by atoms with Crippen molar-refractivity contribution in [1.82, 2.24) is 4.98 Å². The third-order valence-corrected chi connectivity index (χ3v) is 5.82. The largest absolute Gasteiger partial charge is 0.238 e. The van der Waals surface area contributed by atoms with Crippen molar-refractivity contribution in [2.45, 2.75) is 11.8 Å². The van der Waals surface area contributed by atoms with Crippen LogP contribution < -0.4 is 5.14 Å². The van der Waals surface area contributed by atoms with Gasteiger partial charge in [0.2, 0.25) is 10.0 Å². The summed E-state index contributed by atoms with van der Waals surface area (Å²) >= 11 is 5.00. The Morgan fingerprint density at radius 1 is 1.00 bits per heavy atom. The van der Waals surface area contributed by atoms with Crippen LogP contribution >= 0.6 is 27.3 Å². The maximum atomic E-state index is 11.3. The minimum absolute atomic E-state index is 0.0997. The Morgan fingerprint density at radius 2 is 1.57 bits per heavy atom. The van der Waals surface area contributed by atoms with Crippen LogP contribution in [-0.2, 0) is 10.0 Å². The molecule has 4 nitrogen and oxygen atoms in total. The summed E-state index contributed by atoms with van der Waals surface area (Å²) in [5.41, 5.74) is 2.86. The average Bonchev–Trinajstić information content (AvgIpc) is 2.89. The molecule has 0 radical (unpaired) electrons. The molecule has 3 aromatic rings. The second-order valence-corrected chi connectivity index (χ2v) is 8.68. The number of aryl methyl sites for hydroxylation is 1. The lowest BCUT2D eigenvalue weighted by atomic mass is 10.1. The summed E-state index contributed by atoms with van der Waals surface area (Å²) in [4.78, 5) is 5.90. The molecule has 7 heteroatoms. The number of halogens is 1. The molecule has 0 fully saturated rings. The van der Waals surface area contributed by atoms with E-state index in [1.807, 2.05) is 31.2 Å². The van der Waals surface area contributed by atoms with Crippen molar-refractivity contribution in [3.63, 3.8) is 0 Å². The highest BCUT2D eigenvalue weighted by Gasteiger charge is 2.13. The predicted octanol–water partition coefficient (Wildman–Crippen LogP) is 4.20. The molecule has 3 rings (SSSR count). The second-order valence-electron chi connectivity index (χ2n) is 5.00. The van der Waals surface area contributed by atoms with Gasteiger partial charge in [-0.3, -0.25) is 0 Å². The summed E-state index contributed by atoms with van der Waals surface area (Å²) in [6, 6.07) is 14.4. The number of aromatic nitrogens is 1. The smallest absolute Gasteiger partial charge is 0.236 e. The molecule has 23 heavy (non-hydrogen) atoms. The van der Waals surface area contributed by atoms with E-state index in [2.05, 4.69) is 15.9 Å². The number of thiazole rings is 1. The van der Waals surface area contributed by atoms with Crippen LogP contribution in [0.15, 0.2) is 57.9 Å². The molecule has 0 bridgehead atoms. The molecule has 0 aliphatic carbocycles. The molecule has 1 aromatic heterocycles. The van der Waals surface area contributed by atoms with Gasteiger partial charge in [-0.25, -0.2) is 18.5 Å². The van der Waals surface area contributed by atoms with E-state index >= 15 is 0 Å². The van der Waals surface area contributed by atoms with E-state index in [9.17, 15) is 8.42 Å². The Kier molecular flexibility index (Phi) is 4.37. The van der Waals surface area contributed by atoms with Crippen LogP contribution in [0.5, 0.6) is 0 Å². The molecule has 2 N–H and O–H groups in total. The standard InChI is InChI=1S/C16H13BrN2O2S2/c1-10-15(11-2-6-13(17)7-3-11)19-16(22-10)12-4-8-14(9-5-12)23(18,20)21/h2-9H,1H3,(H2,18,20,21). The van der Waals surface area contributed by atoms with Gasteiger partial charge < -0.3 is 0 Å². The summed E-state index contributed by atoms with van der Waals surface area (Å²) < 4.78 is 23.6. The van der Waals surface area contributed by atoms with Gasteiger partial charge in [-0.2, -0.15) is 0 Å². The molecule has 118 valence electrons. The fraction of sp³-hybridized carbons (Fsp3) is 0.0625. The van der Waals surface area contributed by atoms with Gasteiger partial charge in [-0.05, 0) is 31.2 Å². The van der Waals surface area contributed by atoms with Crippen LogP contribution in [0.4, 0.5) is 0 Å². The summed E-state index contributed by atoms with van der Waals surface area (Å²) in [5.74, 6) is 0. The molecule has 2 aromatic carbocycles. The van der Waals surface area contributed by atoms with Crippen molar-refractivity contribution < 1.29 is 8.42 Å². The zero-order valence-electron chi connectivity index (χ0n) is 12.2. The first kappa shape index (κ1) is 16.3. The molecule has 1 heterocycles. The van der Waals surface area contributed by atoms with Gasteiger partial charge in [0.15, 0.2) is 0 Å². The van der Waals surface area contributed by atoms with E-state index in [-0.39, 0.29) is 4.90 Å². The van der Waals surface area contributed by atoms with E-state index in [0.717, 1.165) is 31.2 Å². The van der Waals surface area contributed by atoms with Crippen molar-refractivity contribution in [3.8, 4) is 21.8 Å². The number of hydrogen-bond donors (Lipinski definition) is 1. The molecule has 0 saturated heterocycles. The summed E-state index contributed by atoms with van der Waals surface area (Å²) in [6.45, 7) is 2.03. The number of primary sulfonamides is 1. The van der Waals surface area contributed by atoms with Crippen LogP contribution in [0.2, 0.25) is 0 Å². The predicted molar refractivity (Wildman–Crippen MR) is 96.8 cm³/mol. The molecule has 0 aliphatic heterocycles. The molecular formula is C16H13BrN2O2S2. The lowest BCUT2D eigenvalue weighted by Gasteiger charge is -2.00. The van der Waals surface area contributed by atoms with Crippen LogP contribution in [0.25, 0.3) is 21.8 Å². The maximum absolute atomic E-state index is 11.3. The third kappa shape index (κ3) is 3.53. The van der Waals surface area contributed by atoms with Crippen LogP contribution in [-0.4, -0.2) is 13.4 Å². The number of nitrogens with two attached hydrogens (primary N) is 1. The monoisotopic (exact) mass is 408 g/mol. The first-order chi connectivity index (χ1) is 10.8. The number of rotatable bonds is 3. The fourth-order valence-corrected chi connectivity index (χ4v) is 3.90. The Bertz CT molecular complexity index is 947. The van der Waals surface area contributed by atoms with E-state index in [1.54, 1.807) is 23.5 Å². The second kappa shape index (κ2) is 6.16. The normalized spacial score (nSPS) is 11.6. The maximum Gasteiger partial charge on any atom is 0.238 e. The minimum Gasteiger partial charge on any atom is -0.236 e. The van der Waals surface area contributed by atoms with E-state index in [0.29, 0.717) is 0 Å². The van der Waals surface area contributed by atoms with Gasteiger partial charge in [-0.1, -0.05) is 40.2 Å². The van der Waals surface area contributed by atoms with Gasteiger partial charge in [0.25, 0.3) is 0 Å². The first-order valence-electron chi connectivity index (χ1n) is 6.71. The van der Waals surface area contributed by atoms with Gasteiger partial charge >= 0.3 is 0 Å². The van der Waals surface area contributed by atoms with Gasteiger partial charge in [0, 0.05) is 20.5 Å². The van der Waals surface area contributed by atoms with E-state index < -0.39 is 10.0 Å². The summed E-state index contributed by atoms with van der Waals surface area (Å²) in [5, 5.41) is 5.97. The van der Waals surface area contributed by atoms with Crippen LogP contribution in [0.3, 0.4) is 0 Å². The Balaban J connectivity index is 1.99. The van der Waals surface area contributed by atoms with Crippen molar-refractivity contribution in [3.05, 3.63) is 57.9 Å². The molecule has 0 saturated carbocycles. The highest BCUT2D eigenvalue weighted by Crippen LogP contribution is 2.33. The fourth-order valence-electron chi connectivity index (χ4n) is 2.18.